The van der Waals surface area contributed by atoms with Gasteiger partial charge in [-0.15, -0.1) is 0 Å². The van der Waals surface area contributed by atoms with Gasteiger partial charge in [0.2, 0.25) is 0 Å². The standard InChI is InChI=1S/C20H27N5O3/c1-14(2)9-25-19(27)18(26)24-13-20(28-11-17(24)22-25)7-8-23(12-20)10-16-6-4-5-15(3)21-16/h4-6,14H,7-13H2,1-3H3/t20-/m1/s1. The van der Waals surface area contributed by atoms with E-state index in [4.69, 9.17) is 4.74 Å². The van der Waals surface area contributed by atoms with Crippen molar-refractivity contribution in [2.75, 3.05) is 13.1 Å². The first kappa shape index (κ1) is 19.0. The Morgan fingerprint density at radius 2 is 2.04 bits per heavy atom. The summed E-state index contributed by atoms with van der Waals surface area (Å²) in [6.07, 6.45) is 0.819. The number of hydrogen-bond acceptors (Lipinski definition) is 6. The van der Waals surface area contributed by atoms with E-state index in [0.29, 0.717) is 25.5 Å². The Morgan fingerprint density at radius 3 is 2.79 bits per heavy atom. The summed E-state index contributed by atoms with van der Waals surface area (Å²) in [4.78, 5) is 32.0. The maximum absolute atomic E-state index is 12.7. The summed E-state index contributed by atoms with van der Waals surface area (Å²) in [5.41, 5.74) is 0.549. The Bertz CT molecular complexity index is 996. The van der Waals surface area contributed by atoms with Crippen LogP contribution in [0.3, 0.4) is 0 Å². The smallest absolute Gasteiger partial charge is 0.332 e. The van der Waals surface area contributed by atoms with Gasteiger partial charge in [0.15, 0.2) is 5.82 Å². The van der Waals surface area contributed by atoms with E-state index in [2.05, 4.69) is 15.0 Å². The zero-order valence-electron chi connectivity index (χ0n) is 16.7. The van der Waals surface area contributed by atoms with E-state index in [1.807, 2.05) is 39.0 Å². The highest BCUT2D eigenvalue weighted by molar-refractivity contribution is 5.11. The monoisotopic (exact) mass is 385 g/mol. The van der Waals surface area contributed by atoms with Crippen LogP contribution in [-0.4, -0.2) is 42.9 Å². The zero-order chi connectivity index (χ0) is 19.9. The van der Waals surface area contributed by atoms with Crippen molar-refractivity contribution < 1.29 is 4.74 Å². The van der Waals surface area contributed by atoms with Crippen LogP contribution in [0.5, 0.6) is 0 Å². The molecule has 0 amide bonds. The number of nitrogens with zero attached hydrogens (tertiary/aromatic N) is 5. The third-order valence-electron chi connectivity index (χ3n) is 5.43. The van der Waals surface area contributed by atoms with E-state index in [0.717, 1.165) is 30.9 Å². The third-order valence-corrected chi connectivity index (χ3v) is 5.43. The van der Waals surface area contributed by atoms with E-state index < -0.39 is 16.7 Å². The summed E-state index contributed by atoms with van der Waals surface area (Å²) < 4.78 is 9.01. The van der Waals surface area contributed by atoms with Gasteiger partial charge in [0.1, 0.15) is 12.2 Å². The molecular weight excluding hydrogens is 358 g/mol. The second-order valence-corrected chi connectivity index (χ2v) is 8.39. The van der Waals surface area contributed by atoms with Gasteiger partial charge in [0.05, 0.1) is 12.2 Å². The Labute approximate surface area is 163 Å². The molecule has 0 radical (unpaired) electrons. The van der Waals surface area contributed by atoms with Gasteiger partial charge in [-0.1, -0.05) is 19.9 Å². The summed E-state index contributed by atoms with van der Waals surface area (Å²) in [6, 6.07) is 6.03. The van der Waals surface area contributed by atoms with Gasteiger partial charge in [-0.2, -0.15) is 5.10 Å². The van der Waals surface area contributed by atoms with Gasteiger partial charge in [-0.25, -0.2) is 4.68 Å². The molecule has 4 rings (SSSR count). The lowest BCUT2D eigenvalue weighted by atomic mass is 10.0. The lowest BCUT2D eigenvalue weighted by Gasteiger charge is -2.35. The van der Waals surface area contributed by atoms with Gasteiger partial charge < -0.3 is 4.74 Å². The first-order chi connectivity index (χ1) is 13.3. The number of rotatable bonds is 4. The number of ether oxygens (including phenoxy) is 1. The summed E-state index contributed by atoms with van der Waals surface area (Å²) in [5.74, 6) is 0.775. The summed E-state index contributed by atoms with van der Waals surface area (Å²) in [6.45, 7) is 9.38. The molecule has 4 heterocycles. The Hall–Kier alpha value is -2.32. The molecule has 1 fully saturated rings. The summed E-state index contributed by atoms with van der Waals surface area (Å²) in [5, 5.41) is 4.38. The van der Waals surface area contributed by atoms with Crippen molar-refractivity contribution in [1.29, 1.82) is 0 Å². The Morgan fingerprint density at radius 1 is 1.21 bits per heavy atom. The molecule has 0 unspecified atom stereocenters. The summed E-state index contributed by atoms with van der Waals surface area (Å²) >= 11 is 0. The van der Waals surface area contributed by atoms with Crippen molar-refractivity contribution in [1.82, 2.24) is 24.2 Å². The van der Waals surface area contributed by atoms with Crippen molar-refractivity contribution in [3.8, 4) is 0 Å². The molecule has 0 aromatic carbocycles. The number of aryl methyl sites for hydroxylation is 1. The van der Waals surface area contributed by atoms with Gasteiger partial charge in [0.25, 0.3) is 0 Å². The topological polar surface area (TPSA) is 82.2 Å². The van der Waals surface area contributed by atoms with Crippen LogP contribution in [0, 0.1) is 12.8 Å². The zero-order valence-corrected chi connectivity index (χ0v) is 16.7. The number of likely N-dealkylation sites (tertiary alicyclic amines) is 1. The molecule has 2 aliphatic rings. The number of fused-ring (bicyclic) bond motifs is 1. The molecule has 8 nitrogen and oxygen atoms in total. The lowest BCUT2D eigenvalue weighted by Crippen LogP contribution is -2.53. The normalized spacial score (nSPS) is 22.1. The van der Waals surface area contributed by atoms with E-state index in [-0.39, 0.29) is 12.5 Å². The number of aromatic nitrogens is 4. The second kappa shape index (κ2) is 7.25. The van der Waals surface area contributed by atoms with Crippen LogP contribution in [0.2, 0.25) is 0 Å². The highest BCUT2D eigenvalue weighted by Crippen LogP contribution is 2.31. The molecule has 0 bridgehead atoms. The quantitative estimate of drug-likeness (QED) is 0.729. The van der Waals surface area contributed by atoms with Crippen molar-refractivity contribution in [3.63, 3.8) is 0 Å². The average molecular weight is 385 g/mol. The minimum Gasteiger partial charge on any atom is -0.364 e. The minimum atomic E-state index is -0.548. The Balaban J connectivity index is 1.53. The number of pyridine rings is 1. The fraction of sp³-hybridized carbons (Fsp3) is 0.600. The van der Waals surface area contributed by atoms with Gasteiger partial charge >= 0.3 is 11.1 Å². The van der Waals surface area contributed by atoms with Gasteiger partial charge in [-0.05, 0) is 31.4 Å². The van der Waals surface area contributed by atoms with Crippen LogP contribution in [-0.2, 0) is 31.0 Å². The van der Waals surface area contributed by atoms with Gasteiger partial charge in [0, 0.05) is 31.9 Å². The van der Waals surface area contributed by atoms with E-state index in [1.165, 1.54) is 9.25 Å². The molecule has 0 aliphatic carbocycles. The van der Waals surface area contributed by atoms with Crippen molar-refractivity contribution in [2.45, 2.75) is 59.0 Å². The molecule has 2 aromatic heterocycles. The molecule has 150 valence electrons. The van der Waals surface area contributed by atoms with Crippen LogP contribution in [0.1, 0.15) is 37.5 Å². The highest BCUT2D eigenvalue weighted by atomic mass is 16.5. The van der Waals surface area contributed by atoms with E-state index in [1.54, 1.807) is 0 Å². The molecule has 1 atom stereocenters. The molecule has 1 spiro atoms. The van der Waals surface area contributed by atoms with E-state index in [9.17, 15) is 9.59 Å². The largest absolute Gasteiger partial charge is 0.364 e. The summed E-state index contributed by atoms with van der Waals surface area (Å²) in [7, 11) is 0. The molecule has 0 N–H and O–H groups in total. The maximum Gasteiger partial charge on any atom is 0.332 e. The molecule has 8 heteroatoms. The fourth-order valence-electron chi connectivity index (χ4n) is 4.10. The maximum atomic E-state index is 12.7. The Kier molecular flexibility index (Phi) is 4.93. The van der Waals surface area contributed by atoms with E-state index >= 15 is 0 Å². The van der Waals surface area contributed by atoms with Crippen LogP contribution in [0.25, 0.3) is 0 Å². The second-order valence-electron chi connectivity index (χ2n) is 8.39. The lowest BCUT2D eigenvalue weighted by molar-refractivity contribution is -0.0860. The van der Waals surface area contributed by atoms with Crippen LogP contribution >= 0.6 is 0 Å². The average Bonchev–Trinajstić information content (AvgIpc) is 3.02. The van der Waals surface area contributed by atoms with Crippen LogP contribution in [0.15, 0.2) is 27.8 Å². The first-order valence-electron chi connectivity index (χ1n) is 9.85. The van der Waals surface area contributed by atoms with Crippen molar-refractivity contribution >= 4 is 0 Å². The fourth-order valence-corrected chi connectivity index (χ4v) is 4.10. The third kappa shape index (κ3) is 3.66. The molecule has 2 aromatic rings. The molecular formula is C20H27N5O3. The van der Waals surface area contributed by atoms with Crippen LogP contribution in [0.4, 0.5) is 0 Å². The minimum absolute atomic E-state index is 0.238. The highest BCUT2D eigenvalue weighted by Gasteiger charge is 2.43. The van der Waals surface area contributed by atoms with Crippen molar-refractivity contribution in [2.24, 2.45) is 5.92 Å². The van der Waals surface area contributed by atoms with Gasteiger partial charge in [-0.3, -0.25) is 24.0 Å². The molecule has 1 saturated heterocycles. The molecule has 2 aliphatic heterocycles. The molecule has 28 heavy (non-hydrogen) atoms. The molecule has 0 saturated carbocycles. The predicted molar refractivity (Wildman–Crippen MR) is 104 cm³/mol. The number of hydrogen-bond donors (Lipinski definition) is 0. The first-order valence-corrected chi connectivity index (χ1v) is 9.85. The SMILES string of the molecule is Cc1cccc(CN2CC[C@@]3(C2)Cn2c(nn(CC(C)C)c(=O)c2=O)CO3)n1. The predicted octanol–water partition coefficient (Wildman–Crippen LogP) is 0.939. The van der Waals surface area contributed by atoms with Crippen LogP contribution < -0.4 is 11.1 Å². The van der Waals surface area contributed by atoms with Crippen molar-refractivity contribution in [3.05, 3.63) is 56.1 Å².